The zero-order valence-electron chi connectivity index (χ0n) is 9.35. The first-order valence-corrected chi connectivity index (χ1v) is 5.28. The third kappa shape index (κ3) is 3.22. The van der Waals surface area contributed by atoms with E-state index in [2.05, 4.69) is 15.3 Å². The molecule has 0 aromatic carbocycles. The smallest absolute Gasteiger partial charge is 0.368 e. The van der Waals surface area contributed by atoms with Gasteiger partial charge in [-0.3, -0.25) is 0 Å². The van der Waals surface area contributed by atoms with E-state index in [0.717, 1.165) is 18.3 Å². The number of anilines is 1. The summed E-state index contributed by atoms with van der Waals surface area (Å²) in [4.78, 5) is 7.70. The van der Waals surface area contributed by atoms with Gasteiger partial charge in [-0.05, 0) is 12.1 Å². The van der Waals surface area contributed by atoms with Gasteiger partial charge in [-0.2, -0.15) is 13.2 Å². The van der Waals surface area contributed by atoms with Gasteiger partial charge in [0.15, 0.2) is 0 Å². The highest BCUT2D eigenvalue weighted by Gasteiger charge is 2.30. The average Bonchev–Trinajstić information content (AvgIpc) is 2.81. The van der Waals surface area contributed by atoms with Crippen molar-refractivity contribution in [2.75, 3.05) is 11.9 Å². The molecule has 0 amide bonds. The van der Waals surface area contributed by atoms with Gasteiger partial charge in [0, 0.05) is 31.7 Å². The van der Waals surface area contributed by atoms with Crippen LogP contribution < -0.4 is 5.32 Å². The maximum Gasteiger partial charge on any atom is 0.416 e. The van der Waals surface area contributed by atoms with Gasteiger partial charge in [0.2, 0.25) is 0 Å². The Hall–Kier alpha value is -2.05. The van der Waals surface area contributed by atoms with Crippen LogP contribution in [0.1, 0.15) is 5.56 Å². The zero-order chi connectivity index (χ0) is 13.0. The van der Waals surface area contributed by atoms with Crippen molar-refractivity contribution in [2.24, 2.45) is 0 Å². The van der Waals surface area contributed by atoms with Crippen LogP contribution in [-0.4, -0.2) is 21.1 Å². The summed E-state index contributed by atoms with van der Waals surface area (Å²) in [6.45, 7) is 1.09. The Morgan fingerprint density at radius 1 is 1.28 bits per heavy atom. The van der Waals surface area contributed by atoms with Crippen LogP contribution in [0.2, 0.25) is 0 Å². The largest absolute Gasteiger partial charge is 0.416 e. The first-order chi connectivity index (χ1) is 8.55. The number of aromatic nitrogens is 3. The summed E-state index contributed by atoms with van der Waals surface area (Å²) in [5.74, 6) is 0.213. The summed E-state index contributed by atoms with van der Waals surface area (Å²) in [5.41, 5.74) is -0.706. The standard InChI is InChI=1S/C11H11F3N4/c12-11(13,14)9-1-2-16-10(7-9)17-4-6-18-5-3-15-8-18/h1-3,5,7-8H,4,6H2,(H,16,17). The molecule has 96 valence electrons. The second-order valence-electron chi connectivity index (χ2n) is 3.65. The number of rotatable bonds is 4. The van der Waals surface area contributed by atoms with Crippen LogP contribution in [-0.2, 0) is 12.7 Å². The van der Waals surface area contributed by atoms with Crippen molar-refractivity contribution in [3.05, 3.63) is 42.6 Å². The molecule has 18 heavy (non-hydrogen) atoms. The van der Waals surface area contributed by atoms with Crippen molar-refractivity contribution in [2.45, 2.75) is 12.7 Å². The first-order valence-electron chi connectivity index (χ1n) is 5.28. The fraction of sp³-hybridized carbons (Fsp3) is 0.273. The van der Waals surface area contributed by atoms with Gasteiger partial charge in [0.05, 0.1) is 11.9 Å². The SMILES string of the molecule is FC(F)(F)c1ccnc(NCCn2ccnc2)c1. The van der Waals surface area contributed by atoms with Crippen molar-refractivity contribution in [3.8, 4) is 0 Å². The lowest BCUT2D eigenvalue weighted by Crippen LogP contribution is -2.11. The Bertz CT molecular complexity index is 493. The molecular weight excluding hydrogens is 245 g/mol. The predicted octanol–water partition coefficient (Wildman–Crippen LogP) is 2.41. The number of imidazole rings is 1. The maximum atomic E-state index is 12.4. The van der Waals surface area contributed by atoms with Crippen LogP contribution in [0.25, 0.3) is 0 Å². The molecular formula is C11H11F3N4. The third-order valence-corrected chi connectivity index (χ3v) is 2.32. The van der Waals surface area contributed by atoms with Gasteiger partial charge in [0.1, 0.15) is 5.82 Å². The fourth-order valence-corrected chi connectivity index (χ4v) is 1.44. The van der Waals surface area contributed by atoms with Crippen LogP contribution >= 0.6 is 0 Å². The Labute approximate surface area is 101 Å². The molecule has 7 heteroatoms. The summed E-state index contributed by atoms with van der Waals surface area (Å²) in [6.07, 6.45) is 1.86. The fourth-order valence-electron chi connectivity index (χ4n) is 1.44. The lowest BCUT2D eigenvalue weighted by molar-refractivity contribution is -0.137. The van der Waals surface area contributed by atoms with Crippen LogP contribution in [0.5, 0.6) is 0 Å². The molecule has 0 spiro atoms. The second-order valence-corrected chi connectivity index (χ2v) is 3.65. The Balaban J connectivity index is 1.93. The number of halogens is 3. The minimum absolute atomic E-state index is 0.213. The Morgan fingerprint density at radius 3 is 2.78 bits per heavy atom. The molecule has 0 radical (unpaired) electrons. The molecule has 2 aromatic rings. The monoisotopic (exact) mass is 256 g/mol. The molecule has 4 nitrogen and oxygen atoms in total. The predicted molar refractivity (Wildman–Crippen MR) is 60.0 cm³/mol. The van der Waals surface area contributed by atoms with Crippen LogP contribution in [0, 0.1) is 0 Å². The molecule has 0 saturated heterocycles. The van der Waals surface area contributed by atoms with E-state index in [0.29, 0.717) is 13.1 Å². The maximum absolute atomic E-state index is 12.4. The summed E-state index contributed by atoms with van der Waals surface area (Å²) in [5, 5.41) is 2.84. The summed E-state index contributed by atoms with van der Waals surface area (Å²) < 4.78 is 39.2. The molecule has 0 fully saturated rings. The lowest BCUT2D eigenvalue weighted by Gasteiger charge is -2.09. The van der Waals surface area contributed by atoms with Gasteiger partial charge in [-0.15, -0.1) is 0 Å². The van der Waals surface area contributed by atoms with Gasteiger partial charge in [-0.25, -0.2) is 9.97 Å². The first kappa shape index (κ1) is 12.4. The van der Waals surface area contributed by atoms with Crippen LogP contribution in [0.3, 0.4) is 0 Å². The van der Waals surface area contributed by atoms with Crippen molar-refractivity contribution in [3.63, 3.8) is 0 Å². The van der Waals surface area contributed by atoms with Crippen LogP contribution in [0.15, 0.2) is 37.1 Å². The van der Waals surface area contributed by atoms with E-state index in [1.807, 2.05) is 4.57 Å². The summed E-state index contributed by atoms with van der Waals surface area (Å²) in [6, 6.07) is 1.94. The van der Waals surface area contributed by atoms with E-state index in [1.165, 1.54) is 0 Å². The molecule has 0 saturated carbocycles. The zero-order valence-corrected chi connectivity index (χ0v) is 9.35. The van der Waals surface area contributed by atoms with E-state index < -0.39 is 11.7 Å². The summed E-state index contributed by atoms with van der Waals surface area (Å²) in [7, 11) is 0. The van der Waals surface area contributed by atoms with Gasteiger partial charge < -0.3 is 9.88 Å². The highest BCUT2D eigenvalue weighted by atomic mass is 19.4. The number of hydrogen-bond acceptors (Lipinski definition) is 3. The van der Waals surface area contributed by atoms with Crippen molar-refractivity contribution >= 4 is 5.82 Å². The average molecular weight is 256 g/mol. The van der Waals surface area contributed by atoms with Crippen LogP contribution in [0.4, 0.5) is 19.0 Å². The molecule has 0 aliphatic heterocycles. The molecule has 2 aromatic heterocycles. The van der Waals surface area contributed by atoms with Gasteiger partial charge >= 0.3 is 6.18 Å². The molecule has 0 aliphatic carbocycles. The summed E-state index contributed by atoms with van der Waals surface area (Å²) >= 11 is 0. The van der Waals surface area contributed by atoms with Gasteiger partial charge in [0.25, 0.3) is 0 Å². The van der Waals surface area contributed by atoms with E-state index in [-0.39, 0.29) is 5.82 Å². The molecule has 0 aliphatic rings. The number of pyridine rings is 1. The molecule has 0 bridgehead atoms. The molecule has 1 N–H and O–H groups in total. The molecule has 0 atom stereocenters. The van der Waals surface area contributed by atoms with E-state index in [4.69, 9.17) is 0 Å². The van der Waals surface area contributed by atoms with E-state index in [1.54, 1.807) is 18.7 Å². The highest BCUT2D eigenvalue weighted by Crippen LogP contribution is 2.29. The normalized spacial score (nSPS) is 11.5. The highest BCUT2D eigenvalue weighted by molar-refractivity contribution is 5.38. The number of hydrogen-bond donors (Lipinski definition) is 1. The number of nitrogens with zero attached hydrogens (tertiary/aromatic N) is 3. The minimum Gasteiger partial charge on any atom is -0.368 e. The lowest BCUT2D eigenvalue weighted by atomic mass is 10.2. The quantitative estimate of drug-likeness (QED) is 0.913. The second kappa shape index (κ2) is 5.07. The van der Waals surface area contributed by atoms with E-state index in [9.17, 15) is 13.2 Å². The van der Waals surface area contributed by atoms with Gasteiger partial charge in [-0.1, -0.05) is 0 Å². The molecule has 2 heterocycles. The number of alkyl halides is 3. The topological polar surface area (TPSA) is 42.7 Å². The minimum atomic E-state index is -4.34. The number of nitrogens with one attached hydrogen (secondary N) is 1. The Kier molecular flexibility index (Phi) is 3.50. The molecule has 2 rings (SSSR count). The Morgan fingerprint density at radius 2 is 2.11 bits per heavy atom. The molecule has 0 unspecified atom stereocenters. The van der Waals surface area contributed by atoms with Crippen molar-refractivity contribution < 1.29 is 13.2 Å². The van der Waals surface area contributed by atoms with Crippen molar-refractivity contribution in [1.29, 1.82) is 0 Å². The van der Waals surface area contributed by atoms with Crippen molar-refractivity contribution in [1.82, 2.24) is 14.5 Å². The van der Waals surface area contributed by atoms with E-state index >= 15 is 0 Å². The third-order valence-electron chi connectivity index (χ3n) is 2.32.